The largest absolute Gasteiger partial charge is 0.368 e. The van der Waals surface area contributed by atoms with Crippen LogP contribution in [-0.4, -0.2) is 51.9 Å². The summed E-state index contributed by atoms with van der Waals surface area (Å²) in [6, 6.07) is 6.54. The van der Waals surface area contributed by atoms with Gasteiger partial charge in [-0.05, 0) is 6.07 Å². The molecule has 2 aromatic rings. The number of carbonyl (C=O) groups is 1. The summed E-state index contributed by atoms with van der Waals surface area (Å²) in [6.45, 7) is 2.32. The number of nitro benzene ring substituents is 1. The van der Waals surface area contributed by atoms with Gasteiger partial charge >= 0.3 is 0 Å². The Kier molecular flexibility index (Phi) is 4.13. The van der Waals surface area contributed by atoms with Gasteiger partial charge in [-0.25, -0.2) is 4.98 Å². The molecule has 8 nitrogen and oxygen atoms in total. The van der Waals surface area contributed by atoms with E-state index in [0.717, 1.165) is 5.69 Å². The second kappa shape index (κ2) is 6.39. The third kappa shape index (κ3) is 3.25. The minimum atomic E-state index is -0.405. The van der Waals surface area contributed by atoms with Crippen molar-refractivity contribution in [2.75, 3.05) is 31.1 Å². The Balaban J connectivity index is 1.66. The van der Waals surface area contributed by atoms with Crippen molar-refractivity contribution in [1.82, 2.24) is 14.9 Å². The van der Waals surface area contributed by atoms with Crippen molar-refractivity contribution in [3.05, 3.63) is 58.7 Å². The molecule has 0 radical (unpaired) electrons. The number of piperazine rings is 1. The van der Waals surface area contributed by atoms with Crippen LogP contribution < -0.4 is 4.90 Å². The van der Waals surface area contributed by atoms with Crippen LogP contribution in [0.3, 0.4) is 0 Å². The van der Waals surface area contributed by atoms with Crippen molar-refractivity contribution in [2.45, 2.75) is 0 Å². The molecule has 0 unspecified atom stereocenters. The first-order chi connectivity index (χ1) is 11.1. The Morgan fingerprint density at radius 3 is 2.61 bits per heavy atom. The number of carbonyl (C=O) groups excluding carboxylic acids is 1. The molecule has 0 saturated carbocycles. The molecular weight excluding hydrogens is 298 g/mol. The SMILES string of the molecule is O=C(c1cnccn1)N1CCN(c2cccc([N+](=O)[O-])c2)CC1. The van der Waals surface area contributed by atoms with Gasteiger partial charge in [0.1, 0.15) is 5.69 Å². The zero-order chi connectivity index (χ0) is 16.2. The maximum Gasteiger partial charge on any atom is 0.274 e. The lowest BCUT2D eigenvalue weighted by molar-refractivity contribution is -0.384. The Hall–Kier alpha value is -3.03. The molecule has 0 aliphatic carbocycles. The number of amides is 1. The van der Waals surface area contributed by atoms with E-state index < -0.39 is 4.92 Å². The van der Waals surface area contributed by atoms with Crippen molar-refractivity contribution in [3.8, 4) is 0 Å². The molecular formula is C15H15N5O3. The van der Waals surface area contributed by atoms with Crippen LogP contribution in [0.15, 0.2) is 42.9 Å². The molecule has 23 heavy (non-hydrogen) atoms. The molecule has 1 aromatic carbocycles. The second-order valence-electron chi connectivity index (χ2n) is 5.15. The highest BCUT2D eigenvalue weighted by Crippen LogP contribution is 2.22. The molecule has 8 heteroatoms. The molecule has 1 aliphatic heterocycles. The fourth-order valence-corrected chi connectivity index (χ4v) is 2.54. The minimum Gasteiger partial charge on any atom is -0.368 e. The standard InChI is InChI=1S/C15H15N5O3/c21-15(14-11-16-4-5-17-14)19-8-6-18(7-9-19)12-2-1-3-13(10-12)20(22)23/h1-5,10-11H,6-9H2. The first-order valence-electron chi connectivity index (χ1n) is 7.20. The normalized spacial score (nSPS) is 14.6. The summed E-state index contributed by atoms with van der Waals surface area (Å²) in [4.78, 5) is 34.4. The summed E-state index contributed by atoms with van der Waals surface area (Å²) in [6.07, 6.45) is 4.47. The highest BCUT2D eigenvalue weighted by molar-refractivity contribution is 5.92. The fourth-order valence-electron chi connectivity index (χ4n) is 2.54. The van der Waals surface area contributed by atoms with Gasteiger partial charge in [-0.2, -0.15) is 0 Å². The first-order valence-corrected chi connectivity index (χ1v) is 7.20. The summed E-state index contributed by atoms with van der Waals surface area (Å²) in [5, 5.41) is 10.9. The number of aromatic nitrogens is 2. The molecule has 1 aliphatic rings. The van der Waals surface area contributed by atoms with Crippen LogP contribution in [0.1, 0.15) is 10.5 Å². The van der Waals surface area contributed by atoms with Crippen LogP contribution in [-0.2, 0) is 0 Å². The number of benzene rings is 1. The predicted molar refractivity (Wildman–Crippen MR) is 83.2 cm³/mol. The number of nitrogens with zero attached hydrogens (tertiary/aromatic N) is 5. The summed E-state index contributed by atoms with van der Waals surface area (Å²) >= 11 is 0. The quantitative estimate of drug-likeness (QED) is 0.627. The Labute approximate surface area is 132 Å². The summed E-state index contributed by atoms with van der Waals surface area (Å²) in [7, 11) is 0. The Bertz CT molecular complexity index is 714. The van der Waals surface area contributed by atoms with E-state index in [9.17, 15) is 14.9 Å². The molecule has 0 bridgehead atoms. The maximum absolute atomic E-state index is 12.3. The zero-order valence-electron chi connectivity index (χ0n) is 12.3. The summed E-state index contributed by atoms with van der Waals surface area (Å²) < 4.78 is 0. The van der Waals surface area contributed by atoms with E-state index in [2.05, 4.69) is 9.97 Å². The van der Waals surface area contributed by atoms with Crippen molar-refractivity contribution in [3.63, 3.8) is 0 Å². The first kappa shape index (κ1) is 14.9. The second-order valence-corrected chi connectivity index (χ2v) is 5.15. The highest BCUT2D eigenvalue weighted by atomic mass is 16.6. The van der Waals surface area contributed by atoms with Gasteiger partial charge in [0, 0.05) is 56.4 Å². The van der Waals surface area contributed by atoms with Crippen LogP contribution in [0.5, 0.6) is 0 Å². The zero-order valence-corrected chi connectivity index (χ0v) is 12.3. The van der Waals surface area contributed by atoms with Gasteiger partial charge < -0.3 is 9.80 Å². The molecule has 1 fully saturated rings. The van der Waals surface area contributed by atoms with Gasteiger partial charge in [0.05, 0.1) is 11.1 Å². The molecule has 118 valence electrons. The minimum absolute atomic E-state index is 0.0700. The van der Waals surface area contributed by atoms with Crippen LogP contribution in [0.4, 0.5) is 11.4 Å². The van der Waals surface area contributed by atoms with E-state index in [0.29, 0.717) is 31.9 Å². The third-order valence-corrected chi connectivity index (χ3v) is 3.75. The van der Waals surface area contributed by atoms with E-state index in [-0.39, 0.29) is 11.6 Å². The van der Waals surface area contributed by atoms with Gasteiger partial charge in [0.15, 0.2) is 0 Å². The van der Waals surface area contributed by atoms with Crippen molar-refractivity contribution >= 4 is 17.3 Å². The van der Waals surface area contributed by atoms with Crippen molar-refractivity contribution < 1.29 is 9.72 Å². The topological polar surface area (TPSA) is 92.5 Å². The van der Waals surface area contributed by atoms with E-state index >= 15 is 0 Å². The number of anilines is 1. The molecule has 1 aromatic heterocycles. The molecule has 2 heterocycles. The molecule has 3 rings (SSSR count). The number of hydrogen-bond donors (Lipinski definition) is 0. The molecule has 1 amide bonds. The Morgan fingerprint density at radius 2 is 1.96 bits per heavy atom. The average Bonchev–Trinajstić information content (AvgIpc) is 2.62. The van der Waals surface area contributed by atoms with Crippen molar-refractivity contribution in [1.29, 1.82) is 0 Å². The average molecular weight is 313 g/mol. The number of non-ortho nitro benzene ring substituents is 1. The lowest BCUT2D eigenvalue weighted by Crippen LogP contribution is -2.49. The number of nitro groups is 1. The highest BCUT2D eigenvalue weighted by Gasteiger charge is 2.23. The fraction of sp³-hybridized carbons (Fsp3) is 0.267. The van der Waals surface area contributed by atoms with Crippen LogP contribution in [0.2, 0.25) is 0 Å². The molecule has 0 N–H and O–H groups in total. The van der Waals surface area contributed by atoms with Gasteiger partial charge in [0.25, 0.3) is 11.6 Å². The van der Waals surface area contributed by atoms with E-state index in [1.165, 1.54) is 24.7 Å². The van der Waals surface area contributed by atoms with Gasteiger partial charge in [-0.15, -0.1) is 0 Å². The lowest BCUT2D eigenvalue weighted by atomic mass is 10.2. The molecule has 0 atom stereocenters. The van der Waals surface area contributed by atoms with Crippen LogP contribution >= 0.6 is 0 Å². The Morgan fingerprint density at radius 1 is 1.17 bits per heavy atom. The van der Waals surface area contributed by atoms with E-state index in [4.69, 9.17) is 0 Å². The maximum atomic E-state index is 12.3. The molecule has 0 spiro atoms. The smallest absolute Gasteiger partial charge is 0.274 e. The van der Waals surface area contributed by atoms with Gasteiger partial charge in [-0.1, -0.05) is 6.07 Å². The summed E-state index contributed by atoms with van der Waals surface area (Å²) in [5.74, 6) is -0.142. The lowest BCUT2D eigenvalue weighted by Gasteiger charge is -2.35. The molecule has 1 saturated heterocycles. The number of rotatable bonds is 3. The van der Waals surface area contributed by atoms with Crippen LogP contribution in [0, 0.1) is 10.1 Å². The predicted octanol–water partition coefficient (Wildman–Crippen LogP) is 1.35. The summed E-state index contributed by atoms with van der Waals surface area (Å²) in [5.41, 5.74) is 1.20. The van der Waals surface area contributed by atoms with Gasteiger partial charge in [0.2, 0.25) is 0 Å². The van der Waals surface area contributed by atoms with Crippen LogP contribution in [0.25, 0.3) is 0 Å². The third-order valence-electron chi connectivity index (χ3n) is 3.75. The van der Waals surface area contributed by atoms with Gasteiger partial charge in [-0.3, -0.25) is 19.9 Å². The number of hydrogen-bond acceptors (Lipinski definition) is 6. The van der Waals surface area contributed by atoms with Crippen molar-refractivity contribution in [2.24, 2.45) is 0 Å². The van der Waals surface area contributed by atoms with E-state index in [1.54, 1.807) is 17.0 Å². The van der Waals surface area contributed by atoms with E-state index in [1.807, 2.05) is 11.0 Å². The monoisotopic (exact) mass is 313 g/mol.